The van der Waals surface area contributed by atoms with Crippen LogP contribution in [0, 0.1) is 0 Å². The molecule has 0 aromatic carbocycles. The van der Waals surface area contributed by atoms with Crippen LogP contribution in [0.2, 0.25) is 0 Å². The standard InChI is InChI=1S/C7H9N5O/c8-5(13)7-11-3-4-6(12-7)10-2-1-9-4/h3,9H,1-2H2,(H2,8,13)(H,10,11,12). The molecule has 6 heteroatoms. The van der Waals surface area contributed by atoms with Crippen molar-refractivity contribution in [2.45, 2.75) is 0 Å². The minimum Gasteiger partial charge on any atom is -0.379 e. The Morgan fingerprint density at radius 1 is 1.46 bits per heavy atom. The summed E-state index contributed by atoms with van der Waals surface area (Å²) in [7, 11) is 0. The van der Waals surface area contributed by atoms with E-state index in [1.54, 1.807) is 6.20 Å². The number of anilines is 2. The molecule has 0 saturated heterocycles. The number of nitrogens with two attached hydrogens (primary N) is 1. The minimum absolute atomic E-state index is 0.0370. The molecule has 2 heterocycles. The lowest BCUT2D eigenvalue weighted by Gasteiger charge is -2.17. The second-order valence-electron chi connectivity index (χ2n) is 2.67. The third-order valence-electron chi connectivity index (χ3n) is 1.74. The molecular formula is C7H9N5O. The Kier molecular flexibility index (Phi) is 1.73. The van der Waals surface area contributed by atoms with E-state index < -0.39 is 5.91 Å². The van der Waals surface area contributed by atoms with Gasteiger partial charge in [-0.3, -0.25) is 4.79 Å². The molecule has 1 amide bonds. The van der Waals surface area contributed by atoms with E-state index in [2.05, 4.69) is 20.6 Å². The van der Waals surface area contributed by atoms with Gasteiger partial charge in [0.15, 0.2) is 5.82 Å². The fourth-order valence-corrected chi connectivity index (χ4v) is 1.14. The zero-order chi connectivity index (χ0) is 9.26. The number of amides is 1. The summed E-state index contributed by atoms with van der Waals surface area (Å²) in [5, 5.41) is 6.13. The molecule has 2 rings (SSSR count). The first kappa shape index (κ1) is 7.78. The summed E-state index contributed by atoms with van der Waals surface area (Å²) in [5.74, 6) is 0.0557. The molecule has 1 aliphatic heterocycles. The molecular weight excluding hydrogens is 170 g/mol. The monoisotopic (exact) mass is 179 g/mol. The molecule has 0 bridgehead atoms. The second-order valence-corrected chi connectivity index (χ2v) is 2.67. The van der Waals surface area contributed by atoms with Crippen LogP contribution in [0.5, 0.6) is 0 Å². The number of carbonyl (C=O) groups is 1. The number of fused-ring (bicyclic) bond motifs is 1. The van der Waals surface area contributed by atoms with Gasteiger partial charge in [0.1, 0.15) is 0 Å². The van der Waals surface area contributed by atoms with Crippen LogP contribution in [-0.4, -0.2) is 29.0 Å². The molecule has 68 valence electrons. The van der Waals surface area contributed by atoms with E-state index >= 15 is 0 Å². The SMILES string of the molecule is NC(=O)c1ncc2c(n1)NCCN2. The highest BCUT2D eigenvalue weighted by molar-refractivity contribution is 5.89. The summed E-state index contributed by atoms with van der Waals surface area (Å²) in [4.78, 5) is 18.5. The molecule has 0 atom stereocenters. The first-order valence-corrected chi connectivity index (χ1v) is 3.92. The predicted octanol–water partition coefficient (Wildman–Crippen LogP) is -0.587. The maximum Gasteiger partial charge on any atom is 0.286 e. The summed E-state index contributed by atoms with van der Waals surface area (Å²) in [6.45, 7) is 1.61. The Labute approximate surface area is 74.6 Å². The highest BCUT2D eigenvalue weighted by atomic mass is 16.1. The van der Waals surface area contributed by atoms with Crippen molar-refractivity contribution in [1.82, 2.24) is 9.97 Å². The van der Waals surface area contributed by atoms with Gasteiger partial charge in [-0.05, 0) is 0 Å². The van der Waals surface area contributed by atoms with Crippen LogP contribution in [-0.2, 0) is 0 Å². The van der Waals surface area contributed by atoms with Gasteiger partial charge in [0.25, 0.3) is 5.91 Å². The van der Waals surface area contributed by atoms with E-state index in [9.17, 15) is 4.79 Å². The van der Waals surface area contributed by atoms with E-state index in [1.807, 2.05) is 0 Å². The van der Waals surface area contributed by atoms with E-state index in [0.29, 0.717) is 5.82 Å². The van der Waals surface area contributed by atoms with Crippen molar-refractivity contribution in [2.24, 2.45) is 5.73 Å². The van der Waals surface area contributed by atoms with Gasteiger partial charge in [0.05, 0.1) is 11.9 Å². The molecule has 0 spiro atoms. The average Bonchev–Trinajstić information content (AvgIpc) is 2.17. The lowest BCUT2D eigenvalue weighted by molar-refractivity contribution is 0.0990. The van der Waals surface area contributed by atoms with Crippen molar-refractivity contribution in [3.05, 3.63) is 12.0 Å². The van der Waals surface area contributed by atoms with Gasteiger partial charge in [0.2, 0.25) is 5.82 Å². The molecule has 0 unspecified atom stereocenters. The lowest BCUT2D eigenvalue weighted by Crippen LogP contribution is -2.24. The van der Waals surface area contributed by atoms with E-state index in [-0.39, 0.29) is 5.82 Å². The third kappa shape index (κ3) is 1.37. The van der Waals surface area contributed by atoms with Gasteiger partial charge in [0, 0.05) is 13.1 Å². The maximum absolute atomic E-state index is 10.7. The van der Waals surface area contributed by atoms with E-state index in [1.165, 1.54) is 0 Å². The van der Waals surface area contributed by atoms with Gasteiger partial charge in [-0.15, -0.1) is 0 Å². The fourth-order valence-electron chi connectivity index (χ4n) is 1.14. The van der Waals surface area contributed by atoms with Crippen LogP contribution >= 0.6 is 0 Å². The minimum atomic E-state index is -0.616. The third-order valence-corrected chi connectivity index (χ3v) is 1.74. The fraction of sp³-hybridized carbons (Fsp3) is 0.286. The molecule has 13 heavy (non-hydrogen) atoms. The smallest absolute Gasteiger partial charge is 0.286 e. The van der Waals surface area contributed by atoms with Gasteiger partial charge in [-0.1, -0.05) is 0 Å². The molecule has 0 saturated carbocycles. The van der Waals surface area contributed by atoms with E-state index in [0.717, 1.165) is 18.8 Å². The van der Waals surface area contributed by atoms with Gasteiger partial charge in [-0.2, -0.15) is 0 Å². The number of nitrogens with one attached hydrogen (secondary N) is 2. The number of aromatic nitrogens is 2. The zero-order valence-corrected chi connectivity index (χ0v) is 6.87. The molecule has 6 nitrogen and oxygen atoms in total. The zero-order valence-electron chi connectivity index (χ0n) is 6.87. The van der Waals surface area contributed by atoms with Crippen LogP contribution in [0.4, 0.5) is 11.5 Å². The first-order chi connectivity index (χ1) is 6.27. The first-order valence-electron chi connectivity index (χ1n) is 3.92. The van der Waals surface area contributed by atoms with Crippen molar-refractivity contribution in [3.8, 4) is 0 Å². The molecule has 1 aliphatic rings. The summed E-state index contributed by atoms with van der Waals surface area (Å²) in [5.41, 5.74) is 5.84. The summed E-state index contributed by atoms with van der Waals surface area (Å²) >= 11 is 0. The van der Waals surface area contributed by atoms with Crippen LogP contribution in [0.3, 0.4) is 0 Å². The van der Waals surface area contributed by atoms with E-state index in [4.69, 9.17) is 5.73 Å². The molecule has 1 aromatic heterocycles. The average molecular weight is 179 g/mol. The van der Waals surface area contributed by atoms with Crippen molar-refractivity contribution in [3.63, 3.8) is 0 Å². The van der Waals surface area contributed by atoms with Crippen LogP contribution in [0.15, 0.2) is 6.20 Å². The van der Waals surface area contributed by atoms with Gasteiger partial charge < -0.3 is 16.4 Å². The topological polar surface area (TPSA) is 92.9 Å². The molecule has 4 N–H and O–H groups in total. The Balaban J connectivity index is 2.40. The lowest BCUT2D eigenvalue weighted by atomic mass is 10.3. The summed E-state index contributed by atoms with van der Waals surface area (Å²) < 4.78 is 0. The van der Waals surface area contributed by atoms with Crippen LogP contribution < -0.4 is 16.4 Å². The maximum atomic E-state index is 10.7. The van der Waals surface area contributed by atoms with Crippen molar-refractivity contribution < 1.29 is 4.79 Å². The highest BCUT2D eigenvalue weighted by Gasteiger charge is 2.12. The summed E-state index contributed by atoms with van der Waals surface area (Å²) in [6, 6.07) is 0. The molecule has 0 radical (unpaired) electrons. The number of nitrogens with zero attached hydrogens (tertiary/aromatic N) is 2. The van der Waals surface area contributed by atoms with Crippen LogP contribution in [0.1, 0.15) is 10.6 Å². The Bertz CT molecular complexity index is 351. The predicted molar refractivity (Wildman–Crippen MR) is 47.5 cm³/mol. The number of rotatable bonds is 1. The second kappa shape index (κ2) is 2.89. The summed E-state index contributed by atoms with van der Waals surface area (Å²) in [6.07, 6.45) is 1.55. The molecule has 1 aromatic rings. The largest absolute Gasteiger partial charge is 0.379 e. The van der Waals surface area contributed by atoms with Crippen molar-refractivity contribution >= 4 is 17.4 Å². The number of hydrogen-bond donors (Lipinski definition) is 3. The number of hydrogen-bond acceptors (Lipinski definition) is 5. The number of primary amides is 1. The molecule has 0 aliphatic carbocycles. The molecule has 0 fully saturated rings. The van der Waals surface area contributed by atoms with Crippen molar-refractivity contribution in [1.29, 1.82) is 0 Å². The number of carbonyl (C=O) groups excluding carboxylic acids is 1. The van der Waals surface area contributed by atoms with Crippen LogP contribution in [0.25, 0.3) is 0 Å². The Hall–Kier alpha value is -1.85. The Morgan fingerprint density at radius 3 is 3.00 bits per heavy atom. The van der Waals surface area contributed by atoms with Gasteiger partial charge in [-0.25, -0.2) is 9.97 Å². The highest BCUT2D eigenvalue weighted by Crippen LogP contribution is 2.19. The normalized spacial score (nSPS) is 13.8. The van der Waals surface area contributed by atoms with Crippen molar-refractivity contribution in [2.75, 3.05) is 23.7 Å². The van der Waals surface area contributed by atoms with Gasteiger partial charge >= 0.3 is 0 Å². The quantitative estimate of drug-likeness (QED) is 0.536. The Morgan fingerprint density at radius 2 is 2.23 bits per heavy atom.